The number of carbonyl (C=O) groups excluding carboxylic acids is 1. The lowest BCUT2D eigenvalue weighted by Gasteiger charge is -2.26. The van der Waals surface area contributed by atoms with Gasteiger partial charge in [-0.3, -0.25) is 4.79 Å². The minimum Gasteiger partial charge on any atom is -0.347 e. The zero-order chi connectivity index (χ0) is 21.1. The first kappa shape index (κ1) is 20.6. The highest BCUT2D eigenvalue weighted by Crippen LogP contribution is 2.23. The zero-order valence-corrected chi connectivity index (χ0v) is 18.0. The fourth-order valence-corrected chi connectivity index (χ4v) is 5.53. The number of hydrogen-bond acceptors (Lipinski definition) is 3. The second kappa shape index (κ2) is 8.62. The van der Waals surface area contributed by atoms with Crippen LogP contribution in [-0.4, -0.2) is 36.3 Å². The molecule has 2 aromatic carbocycles. The summed E-state index contributed by atoms with van der Waals surface area (Å²) >= 11 is 0. The van der Waals surface area contributed by atoms with Crippen LogP contribution in [-0.2, 0) is 16.6 Å². The number of nitrogens with zero attached hydrogens (tertiary/aromatic N) is 2. The molecule has 2 heterocycles. The first-order valence-corrected chi connectivity index (χ1v) is 11.9. The molecule has 1 fully saturated rings. The number of nitrogens with one attached hydrogen (secondary N) is 1. The molecule has 0 radical (unpaired) electrons. The highest BCUT2D eigenvalue weighted by molar-refractivity contribution is 7.89. The average molecular weight is 426 g/mol. The van der Waals surface area contributed by atoms with E-state index in [4.69, 9.17) is 0 Å². The van der Waals surface area contributed by atoms with Gasteiger partial charge in [-0.2, -0.15) is 4.31 Å². The number of aryl methyl sites for hydroxylation is 1. The van der Waals surface area contributed by atoms with Gasteiger partial charge in [0.2, 0.25) is 10.0 Å². The van der Waals surface area contributed by atoms with E-state index < -0.39 is 10.0 Å². The Balaban J connectivity index is 1.54. The van der Waals surface area contributed by atoms with Crippen molar-refractivity contribution in [3.05, 3.63) is 60.3 Å². The average Bonchev–Trinajstić information content (AvgIpc) is 3.17. The molecule has 1 aliphatic heterocycles. The van der Waals surface area contributed by atoms with Gasteiger partial charge in [-0.25, -0.2) is 8.42 Å². The first-order valence-electron chi connectivity index (χ1n) is 10.5. The number of fused-ring (bicyclic) bond motifs is 1. The van der Waals surface area contributed by atoms with Crippen LogP contribution in [0, 0.1) is 0 Å². The Morgan fingerprint density at radius 2 is 1.83 bits per heavy atom. The molecule has 0 saturated carbocycles. The molecule has 1 amide bonds. The molecular weight excluding hydrogens is 398 g/mol. The minimum atomic E-state index is -3.57. The first-order chi connectivity index (χ1) is 14.5. The summed E-state index contributed by atoms with van der Waals surface area (Å²) in [5, 5.41) is 3.95. The molecule has 1 aliphatic rings. The number of rotatable bonds is 6. The molecule has 1 N–H and O–H groups in total. The van der Waals surface area contributed by atoms with Crippen molar-refractivity contribution in [2.75, 3.05) is 18.4 Å². The van der Waals surface area contributed by atoms with Crippen molar-refractivity contribution < 1.29 is 13.2 Å². The molecule has 1 aromatic heterocycles. The van der Waals surface area contributed by atoms with E-state index in [2.05, 4.69) is 23.0 Å². The highest BCUT2D eigenvalue weighted by Gasteiger charge is 2.26. The van der Waals surface area contributed by atoms with Gasteiger partial charge in [0.25, 0.3) is 5.91 Å². The van der Waals surface area contributed by atoms with Crippen molar-refractivity contribution in [3.8, 4) is 0 Å². The van der Waals surface area contributed by atoms with Crippen molar-refractivity contribution in [1.29, 1.82) is 0 Å². The maximum Gasteiger partial charge on any atom is 0.255 e. The molecule has 0 bridgehead atoms. The molecule has 0 atom stereocenters. The van der Waals surface area contributed by atoms with E-state index in [9.17, 15) is 13.2 Å². The van der Waals surface area contributed by atoms with Crippen molar-refractivity contribution in [1.82, 2.24) is 8.87 Å². The molecule has 30 heavy (non-hydrogen) atoms. The summed E-state index contributed by atoms with van der Waals surface area (Å²) in [4.78, 5) is 13.0. The van der Waals surface area contributed by atoms with E-state index in [1.807, 2.05) is 24.3 Å². The Morgan fingerprint density at radius 1 is 1.03 bits per heavy atom. The molecule has 4 rings (SSSR count). The highest BCUT2D eigenvalue weighted by atomic mass is 32.2. The van der Waals surface area contributed by atoms with Gasteiger partial charge in [0.1, 0.15) is 0 Å². The van der Waals surface area contributed by atoms with Crippen LogP contribution in [0.4, 0.5) is 5.69 Å². The van der Waals surface area contributed by atoms with Gasteiger partial charge in [0.15, 0.2) is 0 Å². The number of aromatic nitrogens is 1. The third-order valence-electron chi connectivity index (χ3n) is 5.54. The summed E-state index contributed by atoms with van der Waals surface area (Å²) in [7, 11) is -3.57. The summed E-state index contributed by atoms with van der Waals surface area (Å²) in [6.45, 7) is 4.17. The van der Waals surface area contributed by atoms with Gasteiger partial charge < -0.3 is 9.88 Å². The Labute approximate surface area is 177 Å². The van der Waals surface area contributed by atoms with Gasteiger partial charge in [0, 0.05) is 48.0 Å². The van der Waals surface area contributed by atoms with E-state index in [-0.39, 0.29) is 10.8 Å². The predicted octanol–water partition coefficient (Wildman–Crippen LogP) is 4.48. The van der Waals surface area contributed by atoms with Crippen LogP contribution >= 0.6 is 0 Å². The van der Waals surface area contributed by atoms with Crippen molar-refractivity contribution in [3.63, 3.8) is 0 Å². The number of hydrogen-bond donors (Lipinski definition) is 1. The second-order valence-electron chi connectivity index (χ2n) is 7.73. The SMILES string of the molecule is CCCn1ccc2cc(NC(=O)c3cccc(S(=O)(=O)N4CCCCC4)c3)ccc21. The molecule has 0 unspecified atom stereocenters. The molecule has 0 aliphatic carbocycles. The van der Waals surface area contributed by atoms with Crippen LogP contribution in [0.25, 0.3) is 10.9 Å². The summed E-state index contributed by atoms with van der Waals surface area (Å²) in [5.74, 6) is -0.321. The third-order valence-corrected chi connectivity index (χ3v) is 7.44. The number of piperidine rings is 1. The number of anilines is 1. The Bertz CT molecular complexity index is 1160. The van der Waals surface area contributed by atoms with Gasteiger partial charge in [-0.1, -0.05) is 19.4 Å². The Morgan fingerprint density at radius 3 is 2.60 bits per heavy atom. The van der Waals surface area contributed by atoms with E-state index >= 15 is 0 Å². The Hall–Kier alpha value is -2.64. The zero-order valence-electron chi connectivity index (χ0n) is 17.2. The maximum atomic E-state index is 12.9. The van der Waals surface area contributed by atoms with Crippen LogP contribution in [0.2, 0.25) is 0 Å². The van der Waals surface area contributed by atoms with Gasteiger partial charge in [-0.15, -0.1) is 0 Å². The van der Waals surface area contributed by atoms with E-state index in [0.717, 1.165) is 43.1 Å². The maximum absolute atomic E-state index is 12.9. The standard InChI is InChI=1S/C23H27N3O3S/c1-2-12-25-15-11-18-16-20(9-10-22(18)25)24-23(27)19-7-6-8-21(17-19)30(28,29)26-13-4-3-5-14-26/h6-11,15-17H,2-5,12-14H2,1H3,(H,24,27). The fraction of sp³-hybridized carbons (Fsp3) is 0.348. The molecule has 6 nitrogen and oxygen atoms in total. The topological polar surface area (TPSA) is 71.4 Å². The quantitative estimate of drug-likeness (QED) is 0.633. The van der Waals surface area contributed by atoms with Crippen molar-refractivity contribution >= 4 is 32.5 Å². The Kier molecular flexibility index (Phi) is 5.92. The van der Waals surface area contributed by atoms with E-state index in [1.54, 1.807) is 18.2 Å². The number of sulfonamides is 1. The third kappa shape index (κ3) is 4.13. The minimum absolute atomic E-state index is 0.171. The smallest absolute Gasteiger partial charge is 0.255 e. The van der Waals surface area contributed by atoms with Gasteiger partial charge in [-0.05, 0) is 61.7 Å². The lowest BCUT2D eigenvalue weighted by atomic mass is 10.2. The lowest BCUT2D eigenvalue weighted by Crippen LogP contribution is -2.35. The number of carbonyl (C=O) groups is 1. The number of benzene rings is 2. The molecular formula is C23H27N3O3S. The van der Waals surface area contributed by atoms with Crippen LogP contribution < -0.4 is 5.32 Å². The molecule has 7 heteroatoms. The van der Waals surface area contributed by atoms with Gasteiger partial charge in [0.05, 0.1) is 4.90 Å². The monoisotopic (exact) mass is 425 g/mol. The van der Waals surface area contributed by atoms with Crippen LogP contribution in [0.15, 0.2) is 59.6 Å². The van der Waals surface area contributed by atoms with Crippen molar-refractivity contribution in [2.45, 2.75) is 44.0 Å². The summed E-state index contributed by atoms with van der Waals surface area (Å²) in [6.07, 6.45) is 5.91. The summed E-state index contributed by atoms with van der Waals surface area (Å²) in [6, 6.07) is 14.1. The summed E-state index contributed by atoms with van der Waals surface area (Å²) < 4.78 is 29.5. The van der Waals surface area contributed by atoms with Crippen molar-refractivity contribution in [2.24, 2.45) is 0 Å². The van der Waals surface area contributed by atoms with E-state index in [0.29, 0.717) is 24.3 Å². The second-order valence-corrected chi connectivity index (χ2v) is 9.67. The summed E-state index contributed by atoms with van der Waals surface area (Å²) in [5.41, 5.74) is 2.15. The normalized spacial score (nSPS) is 15.4. The fourth-order valence-electron chi connectivity index (χ4n) is 3.97. The van der Waals surface area contributed by atoms with Gasteiger partial charge >= 0.3 is 0 Å². The number of amides is 1. The largest absolute Gasteiger partial charge is 0.347 e. The van der Waals surface area contributed by atoms with E-state index in [1.165, 1.54) is 10.4 Å². The lowest BCUT2D eigenvalue weighted by molar-refractivity contribution is 0.102. The molecule has 0 spiro atoms. The van der Waals surface area contributed by atoms with Crippen LogP contribution in [0.5, 0.6) is 0 Å². The molecule has 3 aromatic rings. The molecule has 158 valence electrons. The molecule has 1 saturated heterocycles. The van der Waals surface area contributed by atoms with Crippen LogP contribution in [0.3, 0.4) is 0 Å². The predicted molar refractivity (Wildman–Crippen MR) is 119 cm³/mol. The van der Waals surface area contributed by atoms with Crippen LogP contribution in [0.1, 0.15) is 43.0 Å².